The molecule has 0 amide bonds. The fourth-order valence-electron chi connectivity index (χ4n) is 4.34. The molecule has 3 aromatic rings. The van der Waals surface area contributed by atoms with Crippen LogP contribution < -0.4 is 14.4 Å². The van der Waals surface area contributed by atoms with Crippen molar-refractivity contribution in [3.63, 3.8) is 0 Å². The highest BCUT2D eigenvalue weighted by molar-refractivity contribution is 7.90. The lowest BCUT2D eigenvalue weighted by atomic mass is 9.93. The third kappa shape index (κ3) is 5.94. The average Bonchev–Trinajstić information content (AvgIpc) is 2.86. The molecule has 0 radical (unpaired) electrons. The quantitative estimate of drug-likeness (QED) is 0.359. The van der Waals surface area contributed by atoms with E-state index in [9.17, 15) is 26.7 Å². The van der Waals surface area contributed by atoms with Crippen molar-refractivity contribution in [2.75, 3.05) is 18.1 Å². The number of benzene rings is 3. The van der Waals surface area contributed by atoms with Crippen LogP contribution in [0.3, 0.4) is 0 Å². The minimum absolute atomic E-state index is 0.0136. The predicted octanol–water partition coefficient (Wildman–Crippen LogP) is 5.97. The van der Waals surface area contributed by atoms with Crippen LogP contribution in [0, 0.1) is 5.92 Å². The van der Waals surface area contributed by atoms with Gasteiger partial charge in [0.25, 0.3) is 10.0 Å². The second-order valence-electron chi connectivity index (χ2n) is 8.70. The van der Waals surface area contributed by atoms with Gasteiger partial charge in [-0.05, 0) is 48.5 Å². The van der Waals surface area contributed by atoms with Crippen LogP contribution in [0.1, 0.15) is 0 Å². The van der Waals surface area contributed by atoms with Crippen LogP contribution >= 0.6 is 23.2 Å². The lowest BCUT2D eigenvalue weighted by Gasteiger charge is -2.43. The fraction of sp³-hybridized carbons (Fsp3) is 0.240. The molecule has 8 nitrogen and oxygen atoms in total. The molecule has 0 spiro atoms. The van der Waals surface area contributed by atoms with Crippen molar-refractivity contribution in [2.24, 2.45) is 10.3 Å². The minimum atomic E-state index is -4.91. The van der Waals surface area contributed by atoms with E-state index in [4.69, 9.17) is 32.7 Å². The topological polar surface area (TPSA) is 97.7 Å². The van der Waals surface area contributed by atoms with Gasteiger partial charge in [-0.15, -0.1) is 13.2 Å². The Kier molecular flexibility index (Phi) is 7.42. The third-order valence-electron chi connectivity index (χ3n) is 6.09. The van der Waals surface area contributed by atoms with Gasteiger partial charge >= 0.3 is 6.36 Å². The van der Waals surface area contributed by atoms with E-state index in [1.807, 2.05) is 4.90 Å². The van der Waals surface area contributed by atoms with Gasteiger partial charge in [-0.25, -0.2) is 0 Å². The number of sulfonamides is 1. The fourth-order valence-corrected chi connectivity index (χ4v) is 5.58. The number of nitrogens with zero attached hydrogens (tertiary/aromatic N) is 2. The number of ether oxygens (including phenoxy) is 3. The lowest BCUT2D eigenvalue weighted by Crippen LogP contribution is -2.53. The molecule has 2 aliphatic heterocycles. The van der Waals surface area contributed by atoms with E-state index in [0.29, 0.717) is 32.9 Å². The maximum Gasteiger partial charge on any atom is 0.573 e. The first kappa shape index (κ1) is 27.5. The molecule has 1 unspecified atom stereocenters. The number of hydrogen-bond donors (Lipinski definition) is 1. The van der Waals surface area contributed by atoms with Crippen LogP contribution in [0.2, 0.25) is 10.0 Å². The monoisotopic (exact) mass is 602 g/mol. The highest BCUT2D eigenvalue weighted by Gasteiger charge is 2.40. The van der Waals surface area contributed by atoms with Crippen LogP contribution in [-0.2, 0) is 14.8 Å². The summed E-state index contributed by atoms with van der Waals surface area (Å²) in [5.41, 5.74) is 1.21. The van der Waals surface area contributed by atoms with Gasteiger partial charge in [0.1, 0.15) is 5.75 Å². The predicted molar refractivity (Wildman–Crippen MR) is 138 cm³/mol. The number of aliphatic hydroxyl groups is 1. The van der Waals surface area contributed by atoms with E-state index < -0.39 is 40.2 Å². The van der Waals surface area contributed by atoms with Gasteiger partial charge in [0.15, 0.2) is 11.5 Å². The van der Waals surface area contributed by atoms with Crippen molar-refractivity contribution in [2.45, 2.75) is 23.4 Å². The number of halogens is 5. The molecule has 2 heterocycles. The zero-order valence-corrected chi connectivity index (χ0v) is 22.0. The normalized spacial score (nSPS) is 21.3. The Hall–Kier alpha value is -3.03. The van der Waals surface area contributed by atoms with E-state index in [2.05, 4.69) is 9.13 Å². The van der Waals surface area contributed by atoms with Gasteiger partial charge in [-0.3, -0.25) is 0 Å². The first-order chi connectivity index (χ1) is 18.4. The summed E-state index contributed by atoms with van der Waals surface area (Å²) in [5, 5.41) is 12.2. The van der Waals surface area contributed by atoms with Gasteiger partial charge in [-0.2, -0.15) is 12.8 Å². The highest BCUT2D eigenvalue weighted by Crippen LogP contribution is 2.50. The Labute approximate surface area is 231 Å². The molecule has 1 saturated heterocycles. The standard InChI is InChI=1S/C25H19Cl2F3N2O6S/c26-15-1-7-19-22(9-15)37-23-10-16(27)2-8-20(23)32(19)21-13-36-12-14(24(21)33)11-31-39(34,35)18-5-3-17(4-6-18)38-25(28,29)30/h1-11,14,21,24,33H,12-13H2/t14?,21-,24-/m0/s1. The Morgan fingerprint density at radius 2 is 1.56 bits per heavy atom. The van der Waals surface area contributed by atoms with E-state index in [0.717, 1.165) is 30.5 Å². The van der Waals surface area contributed by atoms with Crippen molar-refractivity contribution in [1.29, 1.82) is 0 Å². The Balaban J connectivity index is 1.40. The van der Waals surface area contributed by atoms with Crippen LogP contribution in [0.25, 0.3) is 0 Å². The first-order valence-electron chi connectivity index (χ1n) is 11.4. The Morgan fingerprint density at radius 1 is 0.974 bits per heavy atom. The Bertz CT molecular complexity index is 1470. The Morgan fingerprint density at radius 3 is 2.13 bits per heavy atom. The molecule has 39 heavy (non-hydrogen) atoms. The summed E-state index contributed by atoms with van der Waals surface area (Å²) < 4.78 is 81.7. The number of fused-ring (bicyclic) bond motifs is 2. The van der Waals surface area contributed by atoms with E-state index in [-0.39, 0.29) is 18.1 Å². The van der Waals surface area contributed by atoms with Gasteiger partial charge in [0, 0.05) is 34.3 Å². The summed E-state index contributed by atoms with van der Waals surface area (Å²) in [6.07, 6.45) is -4.98. The molecule has 2 aliphatic rings. The summed E-state index contributed by atoms with van der Waals surface area (Å²) in [5.74, 6) is -0.541. The zero-order chi connectivity index (χ0) is 27.9. The lowest BCUT2D eigenvalue weighted by molar-refractivity contribution is -0.274. The van der Waals surface area contributed by atoms with Gasteiger partial charge in [0.2, 0.25) is 0 Å². The van der Waals surface area contributed by atoms with Crippen molar-refractivity contribution >= 4 is 50.8 Å². The van der Waals surface area contributed by atoms with Gasteiger partial charge in [-0.1, -0.05) is 23.2 Å². The summed E-state index contributed by atoms with van der Waals surface area (Å²) in [6.45, 7) is 0.0867. The summed E-state index contributed by atoms with van der Waals surface area (Å²) in [4.78, 5) is 1.47. The maximum atomic E-state index is 12.7. The molecular formula is C25H19Cl2F3N2O6S. The largest absolute Gasteiger partial charge is 0.573 e. The molecular weight excluding hydrogens is 584 g/mol. The molecule has 5 rings (SSSR count). The molecule has 1 N–H and O–H groups in total. The van der Waals surface area contributed by atoms with E-state index >= 15 is 0 Å². The maximum absolute atomic E-state index is 12.7. The molecule has 206 valence electrons. The summed E-state index contributed by atoms with van der Waals surface area (Å²) in [6, 6.07) is 13.0. The average molecular weight is 603 g/mol. The number of alkyl halides is 3. The smallest absolute Gasteiger partial charge is 0.453 e. The van der Waals surface area contributed by atoms with Crippen molar-refractivity contribution in [1.82, 2.24) is 0 Å². The van der Waals surface area contributed by atoms with E-state index in [1.165, 1.54) is 0 Å². The van der Waals surface area contributed by atoms with Gasteiger partial charge in [0.05, 0.1) is 41.6 Å². The molecule has 0 bridgehead atoms. The zero-order valence-electron chi connectivity index (χ0n) is 19.7. The minimum Gasteiger partial charge on any atom is -0.453 e. The van der Waals surface area contributed by atoms with E-state index in [1.54, 1.807) is 36.4 Å². The van der Waals surface area contributed by atoms with Crippen molar-refractivity contribution in [3.05, 3.63) is 70.7 Å². The van der Waals surface area contributed by atoms with Crippen LogP contribution in [0.4, 0.5) is 24.5 Å². The third-order valence-corrected chi connectivity index (χ3v) is 7.83. The number of rotatable bonds is 5. The van der Waals surface area contributed by atoms with Crippen LogP contribution in [0.5, 0.6) is 17.2 Å². The van der Waals surface area contributed by atoms with Crippen LogP contribution in [0.15, 0.2) is 70.0 Å². The van der Waals surface area contributed by atoms with Crippen LogP contribution in [-0.4, -0.2) is 51.5 Å². The highest BCUT2D eigenvalue weighted by atomic mass is 35.5. The number of aliphatic hydroxyl groups excluding tert-OH is 1. The molecule has 14 heteroatoms. The SMILES string of the molecule is O=S(=O)(N=CC1COC[C@H](N2c3ccc(Cl)cc3Oc3cc(Cl)ccc32)[C@H]1O)c1ccc(OC(F)(F)F)cc1. The molecule has 3 aromatic carbocycles. The molecule has 3 atom stereocenters. The second-order valence-corrected chi connectivity index (χ2v) is 11.2. The molecule has 0 saturated carbocycles. The second kappa shape index (κ2) is 10.5. The summed E-state index contributed by atoms with van der Waals surface area (Å²) in [7, 11) is -4.29. The molecule has 1 fully saturated rings. The molecule has 0 aromatic heterocycles. The number of anilines is 2. The summed E-state index contributed by atoms with van der Waals surface area (Å²) >= 11 is 12.3. The molecule has 0 aliphatic carbocycles. The number of hydrogen-bond acceptors (Lipinski definition) is 7. The van der Waals surface area contributed by atoms with Crippen molar-refractivity contribution in [3.8, 4) is 17.2 Å². The van der Waals surface area contributed by atoms with Crippen molar-refractivity contribution < 1.29 is 40.9 Å². The first-order valence-corrected chi connectivity index (χ1v) is 13.6. The van der Waals surface area contributed by atoms with Gasteiger partial charge < -0.3 is 24.2 Å².